The Morgan fingerprint density at radius 2 is 2.18 bits per heavy atom. The monoisotopic (exact) mass is 237 g/mol. The zero-order valence-electron chi connectivity index (χ0n) is 9.45. The van der Waals surface area contributed by atoms with E-state index in [1.807, 2.05) is 6.92 Å². The van der Waals surface area contributed by atoms with Gasteiger partial charge in [-0.2, -0.15) is 0 Å². The second-order valence-corrected chi connectivity index (χ2v) is 3.62. The first kappa shape index (κ1) is 11.6. The van der Waals surface area contributed by atoms with E-state index in [4.69, 9.17) is 0 Å². The van der Waals surface area contributed by atoms with E-state index >= 15 is 0 Å². The van der Waals surface area contributed by atoms with Crippen LogP contribution < -0.4 is 5.32 Å². The summed E-state index contributed by atoms with van der Waals surface area (Å²) in [5, 5.41) is 3.05. The zero-order valence-corrected chi connectivity index (χ0v) is 9.45. The van der Waals surface area contributed by atoms with Gasteiger partial charge in [-0.15, -0.1) is 0 Å². The van der Waals surface area contributed by atoms with Gasteiger partial charge >= 0.3 is 0 Å². The van der Waals surface area contributed by atoms with Crippen LogP contribution >= 0.6 is 0 Å². The van der Waals surface area contributed by atoms with Gasteiger partial charge in [0.15, 0.2) is 11.6 Å². The Hall–Kier alpha value is -1.91. The minimum atomic E-state index is -0.870. The standard InChI is InChI=1S/C12H13F2N3/c1-2-6-15-12-16-7-8-17(12)10-5-3-4-9(13)11(10)14/h3-5,7-8H,2,6H2,1H3,(H,15,16). The van der Waals surface area contributed by atoms with Crippen LogP contribution in [0, 0.1) is 11.6 Å². The largest absolute Gasteiger partial charge is 0.355 e. The van der Waals surface area contributed by atoms with Crippen molar-refractivity contribution in [2.24, 2.45) is 0 Å². The van der Waals surface area contributed by atoms with Crippen molar-refractivity contribution in [1.29, 1.82) is 0 Å². The van der Waals surface area contributed by atoms with Crippen molar-refractivity contribution in [2.75, 3.05) is 11.9 Å². The molecular formula is C12H13F2N3. The molecule has 0 unspecified atom stereocenters. The van der Waals surface area contributed by atoms with E-state index in [0.717, 1.165) is 19.0 Å². The lowest BCUT2D eigenvalue weighted by Crippen LogP contribution is -2.08. The molecule has 0 atom stereocenters. The van der Waals surface area contributed by atoms with Crippen molar-refractivity contribution in [3.05, 3.63) is 42.2 Å². The van der Waals surface area contributed by atoms with Crippen LogP contribution in [-0.4, -0.2) is 16.1 Å². The fraction of sp³-hybridized carbons (Fsp3) is 0.250. The van der Waals surface area contributed by atoms with Gasteiger partial charge in [0.05, 0.1) is 5.69 Å². The zero-order chi connectivity index (χ0) is 12.3. The van der Waals surface area contributed by atoms with Gasteiger partial charge in [0.2, 0.25) is 5.95 Å². The summed E-state index contributed by atoms with van der Waals surface area (Å²) in [7, 11) is 0. The second-order valence-electron chi connectivity index (χ2n) is 3.62. The molecule has 0 aliphatic heterocycles. The molecule has 0 aliphatic carbocycles. The molecule has 1 aromatic heterocycles. The molecule has 1 N–H and O–H groups in total. The van der Waals surface area contributed by atoms with E-state index in [1.165, 1.54) is 16.7 Å². The number of hydrogen-bond acceptors (Lipinski definition) is 2. The quantitative estimate of drug-likeness (QED) is 0.886. The van der Waals surface area contributed by atoms with Crippen LogP contribution in [0.4, 0.5) is 14.7 Å². The molecule has 0 spiro atoms. The number of nitrogens with one attached hydrogen (secondary N) is 1. The maximum absolute atomic E-state index is 13.6. The third-order valence-electron chi connectivity index (χ3n) is 2.36. The van der Waals surface area contributed by atoms with Gasteiger partial charge in [0, 0.05) is 18.9 Å². The predicted molar refractivity (Wildman–Crippen MR) is 62.3 cm³/mol. The fourth-order valence-electron chi connectivity index (χ4n) is 1.54. The molecule has 0 aliphatic rings. The molecule has 5 heteroatoms. The Labute approximate surface area is 98.1 Å². The first-order valence-electron chi connectivity index (χ1n) is 5.45. The van der Waals surface area contributed by atoms with Gasteiger partial charge in [-0.1, -0.05) is 13.0 Å². The van der Waals surface area contributed by atoms with E-state index in [1.54, 1.807) is 12.4 Å². The van der Waals surface area contributed by atoms with E-state index < -0.39 is 11.6 Å². The number of benzene rings is 1. The van der Waals surface area contributed by atoms with Gasteiger partial charge in [0.25, 0.3) is 0 Å². The molecule has 17 heavy (non-hydrogen) atoms. The lowest BCUT2D eigenvalue weighted by Gasteiger charge is -2.10. The normalized spacial score (nSPS) is 10.5. The van der Waals surface area contributed by atoms with Crippen LogP contribution in [0.5, 0.6) is 0 Å². The average molecular weight is 237 g/mol. The molecule has 1 aromatic carbocycles. The van der Waals surface area contributed by atoms with E-state index in [2.05, 4.69) is 10.3 Å². The number of rotatable bonds is 4. The second kappa shape index (κ2) is 4.95. The topological polar surface area (TPSA) is 29.9 Å². The van der Waals surface area contributed by atoms with Gasteiger partial charge < -0.3 is 5.32 Å². The average Bonchev–Trinajstić information content (AvgIpc) is 2.78. The van der Waals surface area contributed by atoms with Crippen LogP contribution in [0.2, 0.25) is 0 Å². The van der Waals surface area contributed by atoms with Crippen molar-refractivity contribution in [3.8, 4) is 5.69 Å². The van der Waals surface area contributed by atoms with Crippen molar-refractivity contribution in [1.82, 2.24) is 9.55 Å². The van der Waals surface area contributed by atoms with E-state index in [9.17, 15) is 8.78 Å². The maximum atomic E-state index is 13.6. The summed E-state index contributed by atoms with van der Waals surface area (Å²) in [6.45, 7) is 2.75. The SMILES string of the molecule is CCCNc1nccn1-c1cccc(F)c1F. The Bertz CT molecular complexity index is 508. The number of anilines is 1. The minimum absolute atomic E-state index is 0.154. The summed E-state index contributed by atoms with van der Waals surface area (Å²) >= 11 is 0. The van der Waals surface area contributed by atoms with E-state index in [0.29, 0.717) is 5.95 Å². The van der Waals surface area contributed by atoms with Crippen molar-refractivity contribution < 1.29 is 8.78 Å². The van der Waals surface area contributed by atoms with Gasteiger partial charge in [-0.25, -0.2) is 13.8 Å². The van der Waals surface area contributed by atoms with E-state index in [-0.39, 0.29) is 5.69 Å². The maximum Gasteiger partial charge on any atom is 0.207 e. The highest BCUT2D eigenvalue weighted by molar-refractivity contribution is 5.42. The van der Waals surface area contributed by atoms with Crippen LogP contribution in [0.1, 0.15) is 13.3 Å². The molecule has 0 saturated heterocycles. The highest BCUT2D eigenvalue weighted by atomic mass is 19.2. The molecule has 0 fully saturated rings. The Morgan fingerprint density at radius 1 is 1.35 bits per heavy atom. The first-order chi connectivity index (χ1) is 8.24. The highest BCUT2D eigenvalue weighted by Gasteiger charge is 2.12. The summed E-state index contributed by atoms with van der Waals surface area (Å²) in [6.07, 6.45) is 4.07. The van der Waals surface area contributed by atoms with Crippen LogP contribution in [0.15, 0.2) is 30.6 Å². The van der Waals surface area contributed by atoms with Crippen LogP contribution in [0.3, 0.4) is 0 Å². The Balaban J connectivity index is 2.39. The van der Waals surface area contributed by atoms with Crippen LogP contribution in [0.25, 0.3) is 5.69 Å². The smallest absolute Gasteiger partial charge is 0.207 e. The fourth-order valence-corrected chi connectivity index (χ4v) is 1.54. The Morgan fingerprint density at radius 3 is 2.94 bits per heavy atom. The number of aromatic nitrogens is 2. The van der Waals surface area contributed by atoms with Crippen molar-refractivity contribution in [2.45, 2.75) is 13.3 Å². The summed E-state index contributed by atoms with van der Waals surface area (Å²) in [5.41, 5.74) is 0.154. The molecule has 2 aromatic rings. The molecule has 3 nitrogen and oxygen atoms in total. The summed E-state index contributed by atoms with van der Waals surface area (Å²) < 4.78 is 28.2. The number of hydrogen-bond donors (Lipinski definition) is 1. The Kier molecular flexibility index (Phi) is 3.37. The lowest BCUT2D eigenvalue weighted by atomic mass is 10.3. The molecule has 0 amide bonds. The molecular weight excluding hydrogens is 224 g/mol. The number of imidazole rings is 1. The molecule has 1 heterocycles. The molecule has 0 bridgehead atoms. The molecule has 90 valence electrons. The molecule has 0 saturated carbocycles. The molecule has 0 radical (unpaired) electrons. The minimum Gasteiger partial charge on any atom is -0.355 e. The van der Waals surface area contributed by atoms with Gasteiger partial charge in [-0.3, -0.25) is 4.57 Å². The summed E-state index contributed by atoms with van der Waals surface area (Å²) in [6, 6.07) is 4.07. The third kappa shape index (κ3) is 2.27. The van der Waals surface area contributed by atoms with Gasteiger partial charge in [0.1, 0.15) is 0 Å². The number of nitrogens with zero attached hydrogens (tertiary/aromatic N) is 2. The first-order valence-corrected chi connectivity index (χ1v) is 5.45. The summed E-state index contributed by atoms with van der Waals surface area (Å²) in [5.74, 6) is -1.22. The molecule has 2 rings (SSSR count). The lowest BCUT2D eigenvalue weighted by molar-refractivity contribution is 0.504. The third-order valence-corrected chi connectivity index (χ3v) is 2.36. The van der Waals surface area contributed by atoms with Gasteiger partial charge in [-0.05, 0) is 18.6 Å². The van der Waals surface area contributed by atoms with Crippen molar-refractivity contribution >= 4 is 5.95 Å². The van der Waals surface area contributed by atoms with Crippen LogP contribution in [-0.2, 0) is 0 Å². The number of halogens is 2. The predicted octanol–water partition coefficient (Wildman–Crippen LogP) is 2.97. The highest BCUT2D eigenvalue weighted by Crippen LogP contribution is 2.19. The van der Waals surface area contributed by atoms with Crippen molar-refractivity contribution in [3.63, 3.8) is 0 Å². The summed E-state index contributed by atoms with van der Waals surface area (Å²) in [4.78, 5) is 4.06.